The Morgan fingerprint density at radius 1 is 1.22 bits per heavy atom. The minimum atomic E-state index is -0.947. The molecule has 0 aromatic heterocycles. The molecule has 0 aliphatic rings. The van der Waals surface area contributed by atoms with Gasteiger partial charge in [0.2, 0.25) is 0 Å². The number of carbonyl (C=O) groups is 2. The molecule has 1 rings (SSSR count). The Labute approximate surface area is 138 Å². The number of benzene rings is 1. The predicted molar refractivity (Wildman–Crippen MR) is 92.1 cm³/mol. The number of hydrogen-bond acceptors (Lipinski definition) is 3. The molecule has 0 radical (unpaired) electrons. The van der Waals surface area contributed by atoms with Crippen LogP contribution in [0.25, 0.3) is 0 Å². The quantitative estimate of drug-likeness (QED) is 0.745. The fraction of sp³-hybridized carbons (Fsp3) is 0.500. The lowest BCUT2D eigenvalue weighted by molar-refractivity contribution is -0.125. The summed E-state index contributed by atoms with van der Waals surface area (Å²) in [5.41, 5.74) is 1.75. The molecule has 0 spiro atoms. The van der Waals surface area contributed by atoms with E-state index in [9.17, 15) is 9.59 Å². The van der Waals surface area contributed by atoms with Crippen LogP contribution in [0.4, 0.5) is 0 Å². The largest absolute Gasteiger partial charge is 0.478 e. The van der Waals surface area contributed by atoms with Crippen LogP contribution < -0.4 is 0 Å². The molecule has 1 aromatic carbocycles. The number of unbranched alkanes of at least 4 members (excludes halogenated alkanes) is 1. The Hall–Kier alpha value is -2.17. The predicted octanol–water partition coefficient (Wildman–Crippen LogP) is 3.56. The van der Waals surface area contributed by atoms with Crippen molar-refractivity contribution in [2.45, 2.75) is 45.6 Å². The van der Waals surface area contributed by atoms with Gasteiger partial charge < -0.3 is 10.0 Å². The molecular weight excluding hydrogens is 292 g/mol. The van der Waals surface area contributed by atoms with Crippen LogP contribution in [0.5, 0.6) is 0 Å². The smallest absolute Gasteiger partial charge is 0.335 e. The van der Waals surface area contributed by atoms with E-state index in [2.05, 4.69) is 11.9 Å². The van der Waals surface area contributed by atoms with E-state index in [1.807, 2.05) is 6.92 Å². The highest BCUT2D eigenvalue weighted by atomic mass is 16.4. The number of rotatable bonds is 8. The minimum absolute atomic E-state index is 0.0709. The Balaban J connectivity index is 3.07. The first kappa shape index (κ1) is 18.9. The van der Waals surface area contributed by atoms with E-state index >= 15 is 0 Å². The summed E-state index contributed by atoms with van der Waals surface area (Å²) in [6.07, 6.45) is 3.46. The lowest BCUT2D eigenvalue weighted by Gasteiger charge is -2.29. The van der Waals surface area contributed by atoms with Crippen molar-refractivity contribution in [2.75, 3.05) is 14.1 Å². The molecule has 0 unspecified atom stereocenters. The minimum Gasteiger partial charge on any atom is -0.478 e. The molecule has 1 N–H and O–H groups in total. The summed E-state index contributed by atoms with van der Waals surface area (Å²) in [7, 11) is 3.42. The van der Waals surface area contributed by atoms with Gasteiger partial charge in [0.05, 0.1) is 17.3 Å². The third-order valence-corrected chi connectivity index (χ3v) is 4.01. The average molecular weight is 318 g/mol. The molecule has 0 heterocycles. The summed E-state index contributed by atoms with van der Waals surface area (Å²) in [5, 5.41) is 9.01. The summed E-state index contributed by atoms with van der Waals surface area (Å²) in [6, 6.07) is 6.69. The average Bonchev–Trinajstić information content (AvgIpc) is 2.56. The zero-order chi connectivity index (χ0) is 17.4. The molecular formula is C18H26N2O3. The van der Waals surface area contributed by atoms with Gasteiger partial charge in [0, 0.05) is 14.1 Å². The Morgan fingerprint density at radius 3 is 2.26 bits per heavy atom. The third kappa shape index (κ3) is 4.91. The van der Waals surface area contributed by atoms with Gasteiger partial charge in [-0.3, -0.25) is 9.79 Å². The Kier molecular flexibility index (Phi) is 7.45. The summed E-state index contributed by atoms with van der Waals surface area (Å²) in [5.74, 6) is -1.02. The van der Waals surface area contributed by atoms with Crippen LogP contribution in [0, 0.1) is 0 Å². The number of amides is 1. The molecule has 1 amide bonds. The molecule has 0 aliphatic heterocycles. The van der Waals surface area contributed by atoms with Crippen molar-refractivity contribution in [1.82, 2.24) is 4.90 Å². The van der Waals surface area contributed by atoms with E-state index in [-0.39, 0.29) is 17.5 Å². The lowest BCUT2D eigenvalue weighted by atomic mass is 9.98. The number of aliphatic imine (C=N–C) groups is 1. The zero-order valence-electron chi connectivity index (χ0n) is 14.4. The van der Waals surface area contributed by atoms with Crippen molar-refractivity contribution in [2.24, 2.45) is 4.99 Å². The van der Waals surface area contributed by atoms with Gasteiger partial charge in [-0.1, -0.05) is 38.8 Å². The van der Waals surface area contributed by atoms with Crippen molar-refractivity contribution in [3.05, 3.63) is 35.4 Å². The van der Waals surface area contributed by atoms with Gasteiger partial charge in [-0.15, -0.1) is 0 Å². The number of carbonyl (C=O) groups excluding carboxylic acids is 1. The second-order valence-corrected chi connectivity index (χ2v) is 5.53. The SMILES string of the molecule is CCCC[C@H](c1ccc(C(=O)O)cc1)N(C)C(=O)C(CC)=NC. The fourth-order valence-corrected chi connectivity index (χ4v) is 2.58. The number of nitrogens with zero attached hydrogens (tertiary/aromatic N) is 2. The Morgan fingerprint density at radius 2 is 1.83 bits per heavy atom. The highest BCUT2D eigenvalue weighted by molar-refractivity contribution is 6.38. The van der Waals surface area contributed by atoms with Crippen molar-refractivity contribution >= 4 is 17.6 Å². The van der Waals surface area contributed by atoms with Gasteiger partial charge in [0.25, 0.3) is 5.91 Å². The highest BCUT2D eigenvalue weighted by Crippen LogP contribution is 2.26. The van der Waals surface area contributed by atoms with Crippen LogP contribution in [0.3, 0.4) is 0 Å². The third-order valence-electron chi connectivity index (χ3n) is 4.01. The van der Waals surface area contributed by atoms with Crippen LogP contribution in [0.15, 0.2) is 29.3 Å². The normalized spacial score (nSPS) is 12.8. The van der Waals surface area contributed by atoms with Crippen LogP contribution in [-0.2, 0) is 4.79 Å². The van der Waals surface area contributed by atoms with E-state index < -0.39 is 5.97 Å². The molecule has 1 aromatic rings. The van der Waals surface area contributed by atoms with Crippen LogP contribution in [0.1, 0.15) is 61.5 Å². The maximum atomic E-state index is 12.6. The first-order chi connectivity index (χ1) is 11.0. The Bertz CT molecular complexity index is 564. The van der Waals surface area contributed by atoms with Crippen molar-refractivity contribution < 1.29 is 14.7 Å². The van der Waals surface area contributed by atoms with E-state index in [4.69, 9.17) is 5.11 Å². The number of aromatic carboxylic acids is 1. The van der Waals surface area contributed by atoms with Crippen molar-refractivity contribution in [3.8, 4) is 0 Å². The van der Waals surface area contributed by atoms with Gasteiger partial charge in [0.15, 0.2) is 0 Å². The maximum absolute atomic E-state index is 12.6. The summed E-state index contributed by atoms with van der Waals surface area (Å²) in [6.45, 7) is 4.02. The van der Waals surface area contributed by atoms with Crippen molar-refractivity contribution in [1.29, 1.82) is 0 Å². The molecule has 0 bridgehead atoms. The standard InChI is InChI=1S/C18H26N2O3/c1-5-7-8-16(20(4)17(21)15(6-2)19-3)13-9-11-14(12-10-13)18(22)23/h9-12,16H,5-8H2,1-4H3,(H,22,23)/t16-/m1/s1. The fourth-order valence-electron chi connectivity index (χ4n) is 2.58. The molecule has 0 saturated carbocycles. The van der Waals surface area contributed by atoms with Crippen LogP contribution in [-0.4, -0.2) is 41.7 Å². The van der Waals surface area contributed by atoms with E-state index in [0.29, 0.717) is 12.1 Å². The van der Waals surface area contributed by atoms with E-state index in [0.717, 1.165) is 24.8 Å². The van der Waals surface area contributed by atoms with Gasteiger partial charge in [-0.2, -0.15) is 0 Å². The molecule has 1 atom stereocenters. The molecule has 0 fully saturated rings. The summed E-state index contributed by atoms with van der Waals surface area (Å²) >= 11 is 0. The topological polar surface area (TPSA) is 70.0 Å². The first-order valence-electron chi connectivity index (χ1n) is 8.02. The zero-order valence-corrected chi connectivity index (χ0v) is 14.4. The van der Waals surface area contributed by atoms with Gasteiger partial charge >= 0.3 is 5.97 Å². The molecule has 126 valence electrons. The van der Waals surface area contributed by atoms with Gasteiger partial charge in [-0.05, 0) is 30.5 Å². The second-order valence-electron chi connectivity index (χ2n) is 5.53. The number of hydrogen-bond donors (Lipinski definition) is 1. The number of carboxylic acid groups (broad SMARTS) is 1. The molecule has 0 saturated heterocycles. The van der Waals surface area contributed by atoms with E-state index in [1.54, 1.807) is 43.3 Å². The maximum Gasteiger partial charge on any atom is 0.335 e. The van der Waals surface area contributed by atoms with E-state index in [1.165, 1.54) is 0 Å². The second kappa shape index (κ2) is 9.08. The molecule has 0 aliphatic carbocycles. The number of carboxylic acids is 1. The van der Waals surface area contributed by atoms with Crippen LogP contribution in [0.2, 0.25) is 0 Å². The monoisotopic (exact) mass is 318 g/mol. The molecule has 5 nitrogen and oxygen atoms in total. The molecule has 5 heteroatoms. The van der Waals surface area contributed by atoms with Crippen LogP contribution >= 0.6 is 0 Å². The first-order valence-corrected chi connectivity index (χ1v) is 8.02. The lowest BCUT2D eigenvalue weighted by Crippen LogP contribution is -2.36. The van der Waals surface area contributed by atoms with Gasteiger partial charge in [0.1, 0.15) is 0 Å². The summed E-state index contributed by atoms with van der Waals surface area (Å²) in [4.78, 5) is 29.3. The highest BCUT2D eigenvalue weighted by Gasteiger charge is 2.24. The van der Waals surface area contributed by atoms with Crippen molar-refractivity contribution in [3.63, 3.8) is 0 Å². The van der Waals surface area contributed by atoms with Gasteiger partial charge in [-0.25, -0.2) is 4.79 Å². The molecule has 23 heavy (non-hydrogen) atoms. The summed E-state index contributed by atoms with van der Waals surface area (Å²) < 4.78 is 0.